The molecular formula is C8H11NO5. The van der Waals surface area contributed by atoms with E-state index in [-0.39, 0.29) is 12.3 Å². The highest BCUT2D eigenvalue weighted by molar-refractivity contribution is 5.89. The molecule has 0 bridgehead atoms. The second-order valence-electron chi connectivity index (χ2n) is 2.92. The lowest BCUT2D eigenvalue weighted by molar-refractivity contribution is -0.153. The number of carbonyl (C=O) groups is 3. The summed E-state index contributed by atoms with van der Waals surface area (Å²) in [6.45, 7) is 1.22. The van der Waals surface area contributed by atoms with Gasteiger partial charge in [-0.2, -0.15) is 0 Å². The number of rotatable bonds is 2. The van der Waals surface area contributed by atoms with Crippen molar-refractivity contribution in [1.82, 2.24) is 5.32 Å². The van der Waals surface area contributed by atoms with Gasteiger partial charge in [-0.3, -0.25) is 9.59 Å². The van der Waals surface area contributed by atoms with Crippen molar-refractivity contribution in [3.8, 4) is 0 Å². The van der Waals surface area contributed by atoms with Gasteiger partial charge in [0, 0.05) is 6.92 Å². The van der Waals surface area contributed by atoms with E-state index in [4.69, 9.17) is 4.74 Å². The molecule has 1 heterocycles. The quantitative estimate of drug-likeness (QED) is 0.578. The summed E-state index contributed by atoms with van der Waals surface area (Å²) < 4.78 is 9.24. The Morgan fingerprint density at radius 3 is 2.64 bits per heavy atom. The molecule has 1 aliphatic heterocycles. The molecule has 78 valence electrons. The standard InChI is InChI=1S/C8H11NO5/c1-4(10)14-5-3-6(11)9-7(5)8(12)13-2/h5,7H,3H2,1-2H3,(H,9,11)/t5-,7-/m0/s1. The molecule has 0 aromatic heterocycles. The fourth-order valence-electron chi connectivity index (χ4n) is 1.29. The van der Waals surface area contributed by atoms with Crippen molar-refractivity contribution in [3.63, 3.8) is 0 Å². The minimum absolute atomic E-state index is 0.000648. The number of esters is 2. The van der Waals surface area contributed by atoms with E-state index in [1.165, 1.54) is 14.0 Å². The average Bonchev–Trinajstić information content (AvgIpc) is 2.44. The number of hydrogen-bond acceptors (Lipinski definition) is 5. The van der Waals surface area contributed by atoms with Gasteiger partial charge >= 0.3 is 11.9 Å². The molecule has 0 unspecified atom stereocenters. The van der Waals surface area contributed by atoms with Gasteiger partial charge in [-0.05, 0) is 0 Å². The Hall–Kier alpha value is -1.59. The molecule has 1 amide bonds. The second kappa shape index (κ2) is 4.08. The van der Waals surface area contributed by atoms with Gasteiger partial charge in [0.25, 0.3) is 0 Å². The lowest BCUT2D eigenvalue weighted by atomic mass is 10.2. The topological polar surface area (TPSA) is 81.7 Å². The fraction of sp³-hybridized carbons (Fsp3) is 0.625. The maximum Gasteiger partial charge on any atom is 0.332 e. The Morgan fingerprint density at radius 1 is 1.50 bits per heavy atom. The summed E-state index contributed by atoms with van der Waals surface area (Å²) >= 11 is 0. The molecule has 0 saturated carbocycles. The minimum Gasteiger partial charge on any atom is -0.467 e. The van der Waals surface area contributed by atoms with Gasteiger partial charge in [0.2, 0.25) is 5.91 Å². The van der Waals surface area contributed by atoms with Crippen LogP contribution in [-0.4, -0.2) is 37.1 Å². The van der Waals surface area contributed by atoms with Gasteiger partial charge in [-0.15, -0.1) is 0 Å². The number of hydrogen-bond donors (Lipinski definition) is 1. The Balaban J connectivity index is 2.67. The lowest BCUT2D eigenvalue weighted by Gasteiger charge is -2.15. The predicted molar refractivity (Wildman–Crippen MR) is 44.1 cm³/mol. The summed E-state index contributed by atoms with van der Waals surface area (Å²) in [7, 11) is 1.21. The van der Waals surface area contributed by atoms with E-state index in [0.717, 1.165) is 0 Å². The zero-order valence-electron chi connectivity index (χ0n) is 7.90. The van der Waals surface area contributed by atoms with E-state index in [2.05, 4.69) is 10.1 Å². The number of ether oxygens (including phenoxy) is 2. The summed E-state index contributed by atoms with van der Waals surface area (Å²) in [4.78, 5) is 32.7. The highest BCUT2D eigenvalue weighted by Crippen LogP contribution is 2.13. The van der Waals surface area contributed by atoms with Crippen molar-refractivity contribution in [2.75, 3.05) is 7.11 Å². The summed E-state index contributed by atoms with van der Waals surface area (Å²) in [5.74, 6) is -1.46. The van der Waals surface area contributed by atoms with Crippen LogP contribution in [0.4, 0.5) is 0 Å². The maximum absolute atomic E-state index is 11.1. The number of amides is 1. The van der Waals surface area contributed by atoms with Crippen molar-refractivity contribution >= 4 is 17.8 Å². The summed E-state index contributed by atoms with van der Waals surface area (Å²) in [5, 5.41) is 2.37. The highest BCUT2D eigenvalue weighted by atomic mass is 16.6. The second-order valence-corrected chi connectivity index (χ2v) is 2.92. The van der Waals surface area contributed by atoms with Crippen LogP contribution in [-0.2, 0) is 23.9 Å². The maximum atomic E-state index is 11.1. The molecule has 0 aromatic rings. The first kappa shape index (κ1) is 10.5. The molecule has 0 radical (unpaired) electrons. The van der Waals surface area contributed by atoms with Crippen molar-refractivity contribution in [1.29, 1.82) is 0 Å². The lowest BCUT2D eigenvalue weighted by Crippen LogP contribution is -2.41. The third kappa shape index (κ3) is 2.21. The van der Waals surface area contributed by atoms with Gasteiger partial charge in [-0.25, -0.2) is 4.79 Å². The van der Waals surface area contributed by atoms with Crippen LogP contribution in [0.15, 0.2) is 0 Å². The predicted octanol–water partition coefficient (Wildman–Crippen LogP) is -1.02. The summed E-state index contributed by atoms with van der Waals surface area (Å²) in [5.41, 5.74) is 0. The van der Waals surface area contributed by atoms with E-state index >= 15 is 0 Å². The van der Waals surface area contributed by atoms with Crippen molar-refractivity contribution in [2.24, 2.45) is 0 Å². The Kier molecular flexibility index (Phi) is 3.06. The van der Waals surface area contributed by atoms with Gasteiger partial charge in [0.05, 0.1) is 13.5 Å². The zero-order chi connectivity index (χ0) is 10.7. The van der Waals surface area contributed by atoms with Gasteiger partial charge < -0.3 is 14.8 Å². The molecule has 1 N–H and O–H groups in total. The molecule has 1 aliphatic rings. The average molecular weight is 201 g/mol. The van der Waals surface area contributed by atoms with E-state index in [0.29, 0.717) is 0 Å². The van der Waals surface area contributed by atoms with E-state index in [1.807, 2.05) is 0 Å². The van der Waals surface area contributed by atoms with Crippen LogP contribution in [0, 0.1) is 0 Å². The van der Waals surface area contributed by atoms with Crippen LogP contribution in [0.5, 0.6) is 0 Å². The molecule has 0 aliphatic carbocycles. The van der Waals surface area contributed by atoms with Crippen molar-refractivity contribution in [3.05, 3.63) is 0 Å². The smallest absolute Gasteiger partial charge is 0.332 e. The Morgan fingerprint density at radius 2 is 2.14 bits per heavy atom. The van der Waals surface area contributed by atoms with E-state index in [1.54, 1.807) is 0 Å². The van der Waals surface area contributed by atoms with Crippen LogP contribution in [0.1, 0.15) is 13.3 Å². The first-order chi connectivity index (χ1) is 6.54. The molecule has 6 nitrogen and oxygen atoms in total. The van der Waals surface area contributed by atoms with Crippen LogP contribution in [0.3, 0.4) is 0 Å². The number of carbonyl (C=O) groups excluding carboxylic acids is 3. The third-order valence-electron chi connectivity index (χ3n) is 1.85. The molecule has 14 heavy (non-hydrogen) atoms. The molecular weight excluding hydrogens is 190 g/mol. The molecule has 1 saturated heterocycles. The molecule has 0 spiro atoms. The molecule has 0 aromatic carbocycles. The molecule has 1 fully saturated rings. The zero-order valence-corrected chi connectivity index (χ0v) is 7.90. The van der Waals surface area contributed by atoms with Crippen LogP contribution in [0.25, 0.3) is 0 Å². The van der Waals surface area contributed by atoms with Crippen molar-refractivity contribution in [2.45, 2.75) is 25.5 Å². The van der Waals surface area contributed by atoms with E-state index < -0.39 is 24.1 Å². The molecule has 6 heteroatoms. The highest BCUT2D eigenvalue weighted by Gasteiger charge is 2.40. The number of methoxy groups -OCH3 is 1. The first-order valence-corrected chi connectivity index (χ1v) is 4.09. The normalized spacial score (nSPS) is 25.4. The molecule has 2 atom stereocenters. The Bertz CT molecular complexity index is 275. The van der Waals surface area contributed by atoms with Crippen LogP contribution >= 0.6 is 0 Å². The van der Waals surface area contributed by atoms with Gasteiger partial charge in [0.15, 0.2) is 6.04 Å². The number of nitrogens with one attached hydrogen (secondary N) is 1. The summed E-state index contributed by atoms with van der Waals surface area (Å²) in [6.07, 6.45) is -0.758. The van der Waals surface area contributed by atoms with Crippen LogP contribution in [0.2, 0.25) is 0 Å². The van der Waals surface area contributed by atoms with Gasteiger partial charge in [0.1, 0.15) is 6.10 Å². The largest absolute Gasteiger partial charge is 0.467 e. The van der Waals surface area contributed by atoms with E-state index in [9.17, 15) is 14.4 Å². The third-order valence-corrected chi connectivity index (χ3v) is 1.85. The fourth-order valence-corrected chi connectivity index (χ4v) is 1.29. The first-order valence-electron chi connectivity index (χ1n) is 4.09. The van der Waals surface area contributed by atoms with Crippen LogP contribution < -0.4 is 5.32 Å². The van der Waals surface area contributed by atoms with Crippen molar-refractivity contribution < 1.29 is 23.9 Å². The monoisotopic (exact) mass is 201 g/mol. The Labute approximate surface area is 80.5 Å². The molecule has 1 rings (SSSR count). The van der Waals surface area contributed by atoms with Gasteiger partial charge in [-0.1, -0.05) is 0 Å². The summed E-state index contributed by atoms with van der Waals surface area (Å²) in [6, 6.07) is -0.878. The minimum atomic E-state index is -0.878. The SMILES string of the molecule is COC(=O)[C@H]1NC(=O)C[C@@H]1OC(C)=O.